The normalized spacial score (nSPS) is 11.3. The molecule has 0 aliphatic rings. The number of aromatic nitrogens is 4. The topological polar surface area (TPSA) is 150 Å². The second-order valence-electron chi connectivity index (χ2n) is 7.39. The number of phenolic OH excluding ortho intramolecular Hbond substituents is 1. The highest BCUT2D eigenvalue weighted by Gasteiger charge is 2.17. The second kappa shape index (κ2) is 9.12. The van der Waals surface area contributed by atoms with Crippen molar-refractivity contribution in [1.29, 1.82) is 0 Å². The van der Waals surface area contributed by atoms with Crippen molar-refractivity contribution in [2.45, 2.75) is 18.7 Å². The van der Waals surface area contributed by atoms with E-state index >= 15 is 0 Å². The van der Waals surface area contributed by atoms with E-state index < -0.39 is 15.9 Å². The highest BCUT2D eigenvalue weighted by molar-refractivity contribution is 7.92. The smallest absolute Gasteiger partial charge is 0.273 e. The van der Waals surface area contributed by atoms with Gasteiger partial charge in [0.15, 0.2) is 0 Å². The fraction of sp³-hybridized carbons (Fsp3) is 0.0909. The number of benzene rings is 2. The lowest BCUT2D eigenvalue weighted by Crippen LogP contribution is -2.16. The third-order valence-corrected chi connectivity index (χ3v) is 6.27. The largest absolute Gasteiger partial charge is 0.507 e. The first kappa shape index (κ1) is 23.2. The molecule has 0 aliphatic carbocycles. The first-order valence-electron chi connectivity index (χ1n) is 9.91. The van der Waals surface area contributed by atoms with E-state index in [1.807, 2.05) is 0 Å². The SMILES string of the molecule is Cc1cc(C)nc(NS(=O)(=O)c2ccc(NC(=O)c3cc(-c4cc(Cl)ccc4O)n[nH]3)cc2)n1. The third-order valence-electron chi connectivity index (χ3n) is 4.69. The van der Waals surface area contributed by atoms with Crippen molar-refractivity contribution in [3.05, 3.63) is 76.7 Å². The van der Waals surface area contributed by atoms with Crippen molar-refractivity contribution >= 4 is 39.2 Å². The molecule has 0 saturated carbocycles. The van der Waals surface area contributed by atoms with Gasteiger partial charge >= 0.3 is 0 Å². The molecule has 0 fully saturated rings. The molecule has 4 aromatic rings. The minimum Gasteiger partial charge on any atom is -0.507 e. The summed E-state index contributed by atoms with van der Waals surface area (Å²) in [6.07, 6.45) is 0. The summed E-state index contributed by atoms with van der Waals surface area (Å²) < 4.78 is 27.6. The Bertz CT molecular complexity index is 1470. The first-order chi connectivity index (χ1) is 16.1. The van der Waals surface area contributed by atoms with E-state index in [0.717, 1.165) is 0 Å². The van der Waals surface area contributed by atoms with Crippen LogP contribution in [0.15, 0.2) is 59.5 Å². The Morgan fingerprint density at radius 3 is 2.35 bits per heavy atom. The van der Waals surface area contributed by atoms with Gasteiger partial charge in [0.2, 0.25) is 5.95 Å². The lowest BCUT2D eigenvalue weighted by molar-refractivity contribution is 0.102. The van der Waals surface area contributed by atoms with Gasteiger partial charge in [-0.15, -0.1) is 0 Å². The number of hydrogen-bond acceptors (Lipinski definition) is 7. The molecule has 2 heterocycles. The zero-order chi connectivity index (χ0) is 24.5. The molecule has 0 aliphatic heterocycles. The fourth-order valence-electron chi connectivity index (χ4n) is 3.16. The van der Waals surface area contributed by atoms with Crippen LogP contribution in [0.4, 0.5) is 11.6 Å². The zero-order valence-corrected chi connectivity index (χ0v) is 19.6. The van der Waals surface area contributed by atoms with Crippen LogP contribution in [0.25, 0.3) is 11.3 Å². The molecule has 0 unspecified atom stereocenters. The molecule has 1 amide bonds. The number of amides is 1. The monoisotopic (exact) mass is 498 g/mol. The summed E-state index contributed by atoms with van der Waals surface area (Å²) in [4.78, 5) is 20.7. The number of nitrogens with zero attached hydrogens (tertiary/aromatic N) is 3. The average molecular weight is 499 g/mol. The number of aromatic hydroxyl groups is 1. The molecular weight excluding hydrogens is 480 g/mol. The second-order valence-corrected chi connectivity index (χ2v) is 9.51. The molecule has 12 heteroatoms. The minimum absolute atomic E-state index is 0.0179. The maximum Gasteiger partial charge on any atom is 0.273 e. The number of carbonyl (C=O) groups excluding carboxylic acids is 1. The van der Waals surface area contributed by atoms with Crippen molar-refractivity contribution in [1.82, 2.24) is 20.2 Å². The third kappa shape index (κ3) is 5.16. The lowest BCUT2D eigenvalue weighted by Gasteiger charge is -2.09. The predicted octanol–water partition coefficient (Wildman–Crippen LogP) is 3.90. The summed E-state index contributed by atoms with van der Waals surface area (Å²) in [5, 5.41) is 19.7. The van der Waals surface area contributed by atoms with E-state index in [9.17, 15) is 18.3 Å². The molecule has 2 aromatic carbocycles. The number of halogens is 1. The van der Waals surface area contributed by atoms with Crippen LogP contribution < -0.4 is 10.0 Å². The summed E-state index contributed by atoms with van der Waals surface area (Å²) in [5.74, 6) is -0.548. The number of aryl methyl sites for hydroxylation is 2. The molecule has 4 rings (SSSR count). The number of H-pyrrole nitrogens is 1. The highest BCUT2D eigenvalue weighted by atomic mass is 35.5. The number of carbonyl (C=O) groups is 1. The molecule has 34 heavy (non-hydrogen) atoms. The van der Waals surface area contributed by atoms with E-state index in [2.05, 4.69) is 30.2 Å². The van der Waals surface area contributed by atoms with Gasteiger partial charge in [-0.2, -0.15) is 5.10 Å². The van der Waals surface area contributed by atoms with Crippen LogP contribution in [0.2, 0.25) is 5.02 Å². The van der Waals surface area contributed by atoms with Gasteiger partial charge in [-0.25, -0.2) is 23.1 Å². The molecular formula is C22H19ClN6O4S. The van der Waals surface area contributed by atoms with Crippen LogP contribution in [0.1, 0.15) is 21.9 Å². The van der Waals surface area contributed by atoms with Gasteiger partial charge in [0, 0.05) is 27.7 Å². The first-order valence-corrected chi connectivity index (χ1v) is 11.8. The Balaban J connectivity index is 1.47. The van der Waals surface area contributed by atoms with Gasteiger partial charge in [0.05, 0.1) is 10.6 Å². The van der Waals surface area contributed by atoms with E-state index in [1.54, 1.807) is 19.9 Å². The zero-order valence-electron chi connectivity index (χ0n) is 18.0. The number of sulfonamides is 1. The Morgan fingerprint density at radius 2 is 1.68 bits per heavy atom. The van der Waals surface area contributed by atoms with Crippen molar-refractivity contribution in [3.63, 3.8) is 0 Å². The quantitative estimate of drug-likeness (QED) is 0.315. The molecule has 0 atom stereocenters. The van der Waals surface area contributed by atoms with Gasteiger partial charge in [-0.05, 0) is 68.4 Å². The van der Waals surface area contributed by atoms with Crippen LogP contribution in [-0.4, -0.2) is 39.6 Å². The Hall–Kier alpha value is -3.96. The average Bonchev–Trinajstić information content (AvgIpc) is 3.25. The molecule has 10 nitrogen and oxygen atoms in total. The highest BCUT2D eigenvalue weighted by Crippen LogP contribution is 2.30. The molecule has 0 saturated heterocycles. The lowest BCUT2D eigenvalue weighted by atomic mass is 10.1. The van der Waals surface area contributed by atoms with Crippen molar-refractivity contribution in [2.75, 3.05) is 10.0 Å². The van der Waals surface area contributed by atoms with Crippen LogP contribution in [0.3, 0.4) is 0 Å². The van der Waals surface area contributed by atoms with Crippen LogP contribution in [0, 0.1) is 13.8 Å². The maximum absolute atomic E-state index is 12.6. The molecule has 2 aromatic heterocycles. The Kier molecular flexibility index (Phi) is 6.22. The molecule has 0 radical (unpaired) electrons. The van der Waals surface area contributed by atoms with Crippen molar-refractivity contribution in [2.24, 2.45) is 0 Å². The van der Waals surface area contributed by atoms with Crippen molar-refractivity contribution < 1.29 is 18.3 Å². The molecule has 4 N–H and O–H groups in total. The fourth-order valence-corrected chi connectivity index (χ4v) is 4.27. The minimum atomic E-state index is -3.92. The van der Waals surface area contributed by atoms with E-state index in [-0.39, 0.29) is 22.3 Å². The summed E-state index contributed by atoms with van der Waals surface area (Å²) in [5.41, 5.74) is 2.49. The van der Waals surface area contributed by atoms with Crippen LogP contribution in [-0.2, 0) is 10.0 Å². The Morgan fingerprint density at radius 1 is 1.00 bits per heavy atom. The number of rotatable bonds is 6. The van der Waals surface area contributed by atoms with Crippen LogP contribution in [0.5, 0.6) is 5.75 Å². The Labute approximate surface area is 200 Å². The van der Waals surface area contributed by atoms with E-state index in [4.69, 9.17) is 11.6 Å². The number of hydrogen-bond donors (Lipinski definition) is 4. The van der Waals surface area contributed by atoms with Gasteiger partial charge < -0.3 is 10.4 Å². The van der Waals surface area contributed by atoms with Gasteiger partial charge in [-0.3, -0.25) is 9.89 Å². The summed E-state index contributed by atoms with van der Waals surface area (Å²) >= 11 is 5.96. The number of nitrogens with one attached hydrogen (secondary N) is 3. The predicted molar refractivity (Wildman–Crippen MR) is 127 cm³/mol. The standard InChI is InChI=1S/C22H19ClN6O4S/c1-12-9-13(2)25-22(24-12)29-34(32,33)16-6-4-15(5-7-16)26-21(31)19-11-18(27-28-19)17-10-14(23)3-8-20(17)30/h3-11,30H,1-2H3,(H,26,31)(H,27,28)(H,24,25,29). The molecule has 174 valence electrons. The van der Waals surface area contributed by atoms with Gasteiger partial charge in [0.1, 0.15) is 11.4 Å². The molecule has 0 spiro atoms. The molecule has 0 bridgehead atoms. The van der Waals surface area contributed by atoms with Crippen LogP contribution >= 0.6 is 11.6 Å². The van der Waals surface area contributed by atoms with E-state index in [0.29, 0.717) is 33.4 Å². The summed E-state index contributed by atoms with van der Waals surface area (Å²) in [6.45, 7) is 3.48. The maximum atomic E-state index is 12.6. The van der Waals surface area contributed by atoms with E-state index in [1.165, 1.54) is 48.5 Å². The summed E-state index contributed by atoms with van der Waals surface area (Å²) in [6, 6.07) is 13.3. The number of aromatic amines is 1. The van der Waals surface area contributed by atoms with Gasteiger partial charge in [0.25, 0.3) is 15.9 Å². The summed E-state index contributed by atoms with van der Waals surface area (Å²) in [7, 11) is -3.92. The van der Waals surface area contributed by atoms with Gasteiger partial charge in [-0.1, -0.05) is 11.6 Å². The van der Waals surface area contributed by atoms with Crippen molar-refractivity contribution in [3.8, 4) is 17.0 Å². The number of phenols is 1. The number of anilines is 2.